The molecule has 1 nitrogen and oxygen atoms in total. The van der Waals surface area contributed by atoms with Crippen molar-refractivity contribution >= 4 is 0 Å². The lowest BCUT2D eigenvalue weighted by molar-refractivity contribution is 0.524. The fourth-order valence-electron chi connectivity index (χ4n) is 2.12. The number of nitrogens with one attached hydrogen (secondary N) is 1. The molecule has 1 rings (SSSR count). The lowest BCUT2D eigenvalue weighted by Gasteiger charge is -2.14. The van der Waals surface area contributed by atoms with E-state index in [1.54, 1.807) is 12.1 Å². The SMILES string of the molecule is CCCCCCCCN[C@H](C)c1cccc(F)c1. The van der Waals surface area contributed by atoms with Crippen LogP contribution >= 0.6 is 0 Å². The highest BCUT2D eigenvalue weighted by Crippen LogP contribution is 2.13. The van der Waals surface area contributed by atoms with Crippen LogP contribution in [0.2, 0.25) is 0 Å². The number of hydrogen-bond donors (Lipinski definition) is 1. The van der Waals surface area contributed by atoms with Gasteiger partial charge in [0, 0.05) is 6.04 Å². The highest BCUT2D eigenvalue weighted by Gasteiger charge is 2.04. The third-order valence-electron chi connectivity index (χ3n) is 3.33. The van der Waals surface area contributed by atoms with Crippen LogP contribution in [0.1, 0.15) is 64.0 Å². The molecule has 0 aliphatic carbocycles. The van der Waals surface area contributed by atoms with Gasteiger partial charge in [-0.2, -0.15) is 0 Å². The van der Waals surface area contributed by atoms with Gasteiger partial charge in [-0.25, -0.2) is 4.39 Å². The van der Waals surface area contributed by atoms with Gasteiger partial charge in [0.2, 0.25) is 0 Å². The van der Waals surface area contributed by atoms with E-state index < -0.39 is 0 Å². The van der Waals surface area contributed by atoms with Crippen LogP contribution in [0.5, 0.6) is 0 Å². The summed E-state index contributed by atoms with van der Waals surface area (Å²) in [5.41, 5.74) is 1.03. The van der Waals surface area contributed by atoms with Gasteiger partial charge in [0.15, 0.2) is 0 Å². The van der Waals surface area contributed by atoms with Gasteiger partial charge in [0.05, 0.1) is 0 Å². The first-order valence-corrected chi connectivity index (χ1v) is 7.23. The Kier molecular flexibility index (Phi) is 7.66. The predicted molar refractivity (Wildman–Crippen MR) is 76.2 cm³/mol. The highest BCUT2D eigenvalue weighted by molar-refractivity contribution is 5.19. The number of unbranched alkanes of at least 4 members (excludes halogenated alkanes) is 5. The summed E-state index contributed by atoms with van der Waals surface area (Å²) in [6, 6.07) is 7.08. The highest BCUT2D eigenvalue weighted by atomic mass is 19.1. The van der Waals surface area contributed by atoms with E-state index in [0.717, 1.165) is 12.1 Å². The Morgan fingerprint density at radius 1 is 1.11 bits per heavy atom. The van der Waals surface area contributed by atoms with E-state index in [1.807, 2.05) is 6.07 Å². The maximum absolute atomic E-state index is 13.1. The average Bonchev–Trinajstić information content (AvgIpc) is 2.37. The summed E-state index contributed by atoms with van der Waals surface area (Å²) in [5.74, 6) is -0.152. The molecular formula is C16H26FN. The summed E-state index contributed by atoms with van der Waals surface area (Å²) in [6.07, 6.45) is 7.86. The zero-order chi connectivity index (χ0) is 13.2. The standard InChI is InChI=1S/C16H26FN/c1-3-4-5-6-7-8-12-18-14(2)15-10-9-11-16(17)13-15/h9-11,13-14,18H,3-8,12H2,1-2H3/t14-/m1/s1. The van der Waals surface area contributed by atoms with Crippen molar-refractivity contribution in [3.8, 4) is 0 Å². The van der Waals surface area contributed by atoms with Crippen LogP contribution in [0.25, 0.3) is 0 Å². The molecule has 1 atom stereocenters. The first kappa shape index (κ1) is 15.2. The van der Waals surface area contributed by atoms with Crippen molar-refractivity contribution < 1.29 is 4.39 Å². The fraction of sp³-hybridized carbons (Fsp3) is 0.625. The lowest BCUT2D eigenvalue weighted by atomic mass is 10.1. The van der Waals surface area contributed by atoms with Crippen molar-refractivity contribution in [2.45, 2.75) is 58.4 Å². The summed E-state index contributed by atoms with van der Waals surface area (Å²) >= 11 is 0. The molecule has 0 saturated carbocycles. The van der Waals surface area contributed by atoms with Crippen molar-refractivity contribution in [3.63, 3.8) is 0 Å². The van der Waals surface area contributed by atoms with Gasteiger partial charge < -0.3 is 5.32 Å². The largest absolute Gasteiger partial charge is 0.310 e. The van der Waals surface area contributed by atoms with Crippen molar-refractivity contribution in [3.05, 3.63) is 35.6 Å². The van der Waals surface area contributed by atoms with Gasteiger partial charge in [0.1, 0.15) is 5.82 Å². The Morgan fingerprint density at radius 2 is 1.83 bits per heavy atom. The molecule has 1 N–H and O–H groups in total. The van der Waals surface area contributed by atoms with Crippen LogP contribution in [0, 0.1) is 5.82 Å². The second kappa shape index (κ2) is 9.09. The molecule has 2 heteroatoms. The van der Waals surface area contributed by atoms with Gasteiger partial charge >= 0.3 is 0 Å². The topological polar surface area (TPSA) is 12.0 Å². The van der Waals surface area contributed by atoms with E-state index in [0.29, 0.717) is 0 Å². The minimum atomic E-state index is -0.152. The second-order valence-corrected chi connectivity index (χ2v) is 5.00. The molecule has 0 aliphatic rings. The van der Waals surface area contributed by atoms with E-state index in [1.165, 1.54) is 44.6 Å². The third-order valence-corrected chi connectivity index (χ3v) is 3.33. The fourth-order valence-corrected chi connectivity index (χ4v) is 2.12. The zero-order valence-electron chi connectivity index (χ0n) is 11.7. The Balaban J connectivity index is 2.12. The van der Waals surface area contributed by atoms with Crippen LogP contribution in [-0.4, -0.2) is 6.54 Å². The molecule has 1 aromatic carbocycles. The molecule has 102 valence electrons. The molecule has 0 radical (unpaired) electrons. The summed E-state index contributed by atoms with van der Waals surface area (Å²) in [5, 5.41) is 3.45. The normalized spacial score (nSPS) is 12.6. The number of benzene rings is 1. The molecule has 18 heavy (non-hydrogen) atoms. The average molecular weight is 251 g/mol. The number of halogens is 1. The van der Waals surface area contributed by atoms with Crippen LogP contribution in [0.3, 0.4) is 0 Å². The maximum Gasteiger partial charge on any atom is 0.123 e. The van der Waals surface area contributed by atoms with E-state index >= 15 is 0 Å². The molecule has 1 aromatic rings. The Hall–Kier alpha value is -0.890. The van der Waals surface area contributed by atoms with Crippen LogP contribution < -0.4 is 5.32 Å². The van der Waals surface area contributed by atoms with E-state index in [4.69, 9.17) is 0 Å². The molecule has 0 unspecified atom stereocenters. The van der Waals surface area contributed by atoms with Crippen LogP contribution in [0.15, 0.2) is 24.3 Å². The van der Waals surface area contributed by atoms with Gasteiger partial charge in [-0.1, -0.05) is 51.2 Å². The molecule has 0 spiro atoms. The quantitative estimate of drug-likeness (QED) is 0.619. The van der Waals surface area contributed by atoms with Gasteiger partial charge in [-0.3, -0.25) is 0 Å². The Morgan fingerprint density at radius 3 is 2.56 bits per heavy atom. The van der Waals surface area contributed by atoms with Crippen LogP contribution in [-0.2, 0) is 0 Å². The summed E-state index contributed by atoms with van der Waals surface area (Å²) in [7, 11) is 0. The number of rotatable bonds is 9. The minimum absolute atomic E-state index is 0.152. The van der Waals surface area contributed by atoms with E-state index in [2.05, 4.69) is 19.2 Å². The molecule has 0 bridgehead atoms. The lowest BCUT2D eigenvalue weighted by Crippen LogP contribution is -2.19. The second-order valence-electron chi connectivity index (χ2n) is 5.00. The van der Waals surface area contributed by atoms with Crippen molar-refractivity contribution in [2.75, 3.05) is 6.54 Å². The van der Waals surface area contributed by atoms with Gasteiger partial charge in [-0.05, 0) is 37.6 Å². The van der Waals surface area contributed by atoms with Gasteiger partial charge in [0.25, 0.3) is 0 Å². The molecule has 0 aromatic heterocycles. The monoisotopic (exact) mass is 251 g/mol. The predicted octanol–water partition coefficient (Wildman–Crippen LogP) is 4.84. The van der Waals surface area contributed by atoms with Gasteiger partial charge in [-0.15, -0.1) is 0 Å². The van der Waals surface area contributed by atoms with Crippen molar-refractivity contribution in [2.24, 2.45) is 0 Å². The summed E-state index contributed by atoms with van der Waals surface area (Å²) in [4.78, 5) is 0. The smallest absolute Gasteiger partial charge is 0.123 e. The number of hydrogen-bond acceptors (Lipinski definition) is 1. The van der Waals surface area contributed by atoms with E-state index in [9.17, 15) is 4.39 Å². The third kappa shape index (κ3) is 6.15. The molecule has 0 fully saturated rings. The first-order chi connectivity index (χ1) is 8.74. The van der Waals surface area contributed by atoms with Crippen molar-refractivity contribution in [1.82, 2.24) is 5.32 Å². The first-order valence-electron chi connectivity index (χ1n) is 7.23. The van der Waals surface area contributed by atoms with E-state index in [-0.39, 0.29) is 11.9 Å². The molecule has 0 saturated heterocycles. The summed E-state index contributed by atoms with van der Waals surface area (Å²) < 4.78 is 13.1. The molecule has 0 amide bonds. The Labute approximate surface area is 111 Å². The maximum atomic E-state index is 13.1. The minimum Gasteiger partial charge on any atom is -0.310 e. The Bertz CT molecular complexity index is 325. The summed E-state index contributed by atoms with van der Waals surface area (Å²) in [6.45, 7) is 5.35. The van der Waals surface area contributed by atoms with Crippen molar-refractivity contribution in [1.29, 1.82) is 0 Å². The molecule has 0 aliphatic heterocycles. The van der Waals surface area contributed by atoms with Crippen LogP contribution in [0.4, 0.5) is 4.39 Å². The molecule has 0 heterocycles. The molecular weight excluding hydrogens is 225 g/mol. The zero-order valence-corrected chi connectivity index (χ0v) is 11.7.